The van der Waals surface area contributed by atoms with Crippen molar-refractivity contribution in [3.63, 3.8) is 0 Å². The van der Waals surface area contributed by atoms with Crippen LogP contribution in [0.15, 0.2) is 30.3 Å². The number of rotatable bonds is 7. The molecule has 0 unspecified atom stereocenters. The van der Waals surface area contributed by atoms with Crippen LogP contribution >= 0.6 is 0 Å². The summed E-state index contributed by atoms with van der Waals surface area (Å²) < 4.78 is 23.0. The molecule has 6 heteroatoms. The summed E-state index contributed by atoms with van der Waals surface area (Å²) in [7, 11) is 3.31. The lowest BCUT2D eigenvalue weighted by molar-refractivity contribution is -0.0443. The Balaban J connectivity index is 1.92. The molecule has 0 aliphatic carbocycles. The fourth-order valence-electron chi connectivity index (χ4n) is 4.26. The number of methoxy groups -OCH3 is 2. The first-order chi connectivity index (χ1) is 16.0. The monoisotopic (exact) mass is 448 g/mol. The Kier molecular flexibility index (Phi) is 6.96. The van der Waals surface area contributed by atoms with Gasteiger partial charge in [0, 0.05) is 11.1 Å². The number of aryl methyl sites for hydroxylation is 4. The Labute approximate surface area is 195 Å². The molecule has 0 atom stereocenters. The summed E-state index contributed by atoms with van der Waals surface area (Å²) in [6.07, 6.45) is 1.07. The molecule has 2 heterocycles. The highest BCUT2D eigenvalue weighted by Gasteiger charge is 2.26. The number of hydrogen-bond donors (Lipinski definition) is 0. The van der Waals surface area contributed by atoms with Gasteiger partial charge < -0.3 is 18.9 Å². The SMILES string of the molecule is CCc1nc(-c2c(OC)cc(C3OCCO3)cc2OC)c(CC)nc1-c1cc(C)ccc1C. The van der Waals surface area contributed by atoms with Gasteiger partial charge in [0.1, 0.15) is 11.5 Å². The molecule has 0 spiro atoms. The van der Waals surface area contributed by atoms with Gasteiger partial charge in [0.05, 0.1) is 55.8 Å². The Bertz CT molecular complexity index is 1130. The molecule has 33 heavy (non-hydrogen) atoms. The molecule has 1 fully saturated rings. The molecule has 0 radical (unpaired) electrons. The van der Waals surface area contributed by atoms with E-state index in [0.29, 0.717) is 24.7 Å². The molecule has 0 N–H and O–H groups in total. The topological polar surface area (TPSA) is 62.7 Å². The molecule has 4 rings (SSSR count). The summed E-state index contributed by atoms with van der Waals surface area (Å²) in [5, 5.41) is 0. The van der Waals surface area contributed by atoms with Crippen molar-refractivity contribution in [2.75, 3.05) is 27.4 Å². The van der Waals surface area contributed by atoms with E-state index in [9.17, 15) is 0 Å². The van der Waals surface area contributed by atoms with Crippen molar-refractivity contribution in [1.82, 2.24) is 9.97 Å². The summed E-state index contributed by atoms with van der Waals surface area (Å²) in [5.74, 6) is 1.32. The Morgan fingerprint density at radius 3 is 2.00 bits per heavy atom. The fraction of sp³-hybridized carbons (Fsp3) is 0.407. The quantitative estimate of drug-likeness (QED) is 0.468. The molecule has 1 aliphatic heterocycles. The van der Waals surface area contributed by atoms with Crippen molar-refractivity contribution in [3.05, 3.63) is 58.4 Å². The summed E-state index contributed by atoms with van der Waals surface area (Å²) in [4.78, 5) is 10.3. The van der Waals surface area contributed by atoms with Gasteiger partial charge in [-0.15, -0.1) is 0 Å². The normalized spacial score (nSPS) is 14.0. The standard InChI is InChI=1S/C27H32N2O4/c1-7-20-25(19-13-16(3)9-10-17(19)4)28-21(8-2)26(29-20)24-22(30-5)14-18(15-23(24)31-6)27-32-11-12-33-27/h9-10,13-15,27H,7-8,11-12H2,1-6H3. The van der Waals surface area contributed by atoms with Gasteiger partial charge in [-0.3, -0.25) is 0 Å². The van der Waals surface area contributed by atoms with Crippen LogP contribution in [0.5, 0.6) is 11.5 Å². The minimum atomic E-state index is -0.420. The molecule has 0 saturated carbocycles. The van der Waals surface area contributed by atoms with Gasteiger partial charge in [0.25, 0.3) is 0 Å². The van der Waals surface area contributed by atoms with E-state index in [0.717, 1.165) is 52.3 Å². The van der Waals surface area contributed by atoms with Crippen molar-refractivity contribution in [1.29, 1.82) is 0 Å². The van der Waals surface area contributed by atoms with Crippen molar-refractivity contribution in [2.24, 2.45) is 0 Å². The van der Waals surface area contributed by atoms with Gasteiger partial charge in [-0.05, 0) is 50.5 Å². The third kappa shape index (κ3) is 4.45. The number of hydrogen-bond acceptors (Lipinski definition) is 6. The number of nitrogens with zero attached hydrogens (tertiary/aromatic N) is 2. The second-order valence-electron chi connectivity index (χ2n) is 8.21. The highest BCUT2D eigenvalue weighted by Crippen LogP contribution is 2.43. The van der Waals surface area contributed by atoms with Crippen LogP contribution in [-0.2, 0) is 22.3 Å². The van der Waals surface area contributed by atoms with Gasteiger partial charge in [-0.25, -0.2) is 9.97 Å². The fourth-order valence-corrected chi connectivity index (χ4v) is 4.26. The third-order valence-corrected chi connectivity index (χ3v) is 6.02. The van der Waals surface area contributed by atoms with E-state index in [1.54, 1.807) is 14.2 Å². The molecule has 174 valence electrons. The van der Waals surface area contributed by atoms with E-state index < -0.39 is 6.29 Å². The predicted octanol–water partition coefficient (Wildman–Crippen LogP) is 5.61. The van der Waals surface area contributed by atoms with Crippen LogP contribution < -0.4 is 9.47 Å². The zero-order valence-corrected chi connectivity index (χ0v) is 20.3. The molecule has 0 bridgehead atoms. The summed E-state index contributed by atoms with van der Waals surface area (Å²) in [6.45, 7) is 9.57. The first-order valence-electron chi connectivity index (χ1n) is 11.5. The maximum Gasteiger partial charge on any atom is 0.184 e. The maximum absolute atomic E-state index is 5.81. The lowest BCUT2D eigenvalue weighted by Gasteiger charge is -2.20. The predicted molar refractivity (Wildman–Crippen MR) is 129 cm³/mol. The van der Waals surface area contributed by atoms with Crippen LogP contribution in [0.4, 0.5) is 0 Å². The number of aromatic nitrogens is 2. The van der Waals surface area contributed by atoms with Crippen LogP contribution in [0.3, 0.4) is 0 Å². The molecule has 1 saturated heterocycles. The minimum Gasteiger partial charge on any atom is -0.496 e. The van der Waals surface area contributed by atoms with E-state index in [4.69, 9.17) is 28.9 Å². The zero-order chi connectivity index (χ0) is 23.5. The molecule has 2 aromatic carbocycles. The third-order valence-electron chi connectivity index (χ3n) is 6.02. The van der Waals surface area contributed by atoms with Crippen LogP contribution in [0, 0.1) is 13.8 Å². The van der Waals surface area contributed by atoms with Gasteiger partial charge in [0.2, 0.25) is 0 Å². The highest BCUT2D eigenvalue weighted by atomic mass is 16.7. The largest absolute Gasteiger partial charge is 0.496 e. The second-order valence-corrected chi connectivity index (χ2v) is 8.21. The summed E-state index contributed by atoms with van der Waals surface area (Å²) in [5.41, 5.74) is 8.77. The Hall–Kier alpha value is -2.96. The molecule has 0 amide bonds. The van der Waals surface area contributed by atoms with Crippen LogP contribution in [0.25, 0.3) is 22.5 Å². The lowest BCUT2D eigenvalue weighted by atomic mass is 9.98. The van der Waals surface area contributed by atoms with E-state index in [-0.39, 0.29) is 0 Å². The van der Waals surface area contributed by atoms with E-state index in [1.165, 1.54) is 11.1 Å². The van der Waals surface area contributed by atoms with Gasteiger partial charge in [-0.1, -0.05) is 31.5 Å². The Morgan fingerprint density at radius 1 is 0.848 bits per heavy atom. The van der Waals surface area contributed by atoms with Crippen molar-refractivity contribution >= 4 is 0 Å². The molecule has 6 nitrogen and oxygen atoms in total. The van der Waals surface area contributed by atoms with Gasteiger partial charge in [-0.2, -0.15) is 0 Å². The lowest BCUT2D eigenvalue weighted by Crippen LogP contribution is -2.08. The average Bonchev–Trinajstić information content (AvgIpc) is 3.39. The smallest absolute Gasteiger partial charge is 0.184 e. The minimum absolute atomic E-state index is 0.420. The molecule has 1 aromatic heterocycles. The molecular weight excluding hydrogens is 416 g/mol. The highest BCUT2D eigenvalue weighted by molar-refractivity contribution is 5.78. The van der Waals surface area contributed by atoms with Crippen LogP contribution in [-0.4, -0.2) is 37.4 Å². The molecule has 3 aromatic rings. The first kappa shape index (κ1) is 23.2. The van der Waals surface area contributed by atoms with Gasteiger partial charge in [0.15, 0.2) is 6.29 Å². The average molecular weight is 449 g/mol. The molecular formula is C27H32N2O4. The van der Waals surface area contributed by atoms with Crippen molar-refractivity contribution in [2.45, 2.75) is 46.8 Å². The molecule has 1 aliphatic rings. The summed E-state index contributed by atoms with van der Waals surface area (Å²) in [6, 6.07) is 10.3. The number of benzene rings is 2. The van der Waals surface area contributed by atoms with E-state index in [2.05, 4.69) is 45.9 Å². The zero-order valence-electron chi connectivity index (χ0n) is 20.3. The van der Waals surface area contributed by atoms with Crippen LogP contribution in [0.2, 0.25) is 0 Å². The van der Waals surface area contributed by atoms with Crippen molar-refractivity contribution in [3.8, 4) is 34.0 Å². The van der Waals surface area contributed by atoms with Crippen LogP contribution in [0.1, 0.15) is 48.2 Å². The maximum atomic E-state index is 5.81. The van der Waals surface area contributed by atoms with Crippen molar-refractivity contribution < 1.29 is 18.9 Å². The second kappa shape index (κ2) is 9.89. The van der Waals surface area contributed by atoms with E-state index >= 15 is 0 Å². The van der Waals surface area contributed by atoms with E-state index in [1.807, 2.05) is 12.1 Å². The summed E-state index contributed by atoms with van der Waals surface area (Å²) >= 11 is 0. The van der Waals surface area contributed by atoms with Gasteiger partial charge >= 0.3 is 0 Å². The Morgan fingerprint density at radius 2 is 1.42 bits per heavy atom. The number of ether oxygens (including phenoxy) is 4. The first-order valence-corrected chi connectivity index (χ1v) is 11.5.